The van der Waals surface area contributed by atoms with Gasteiger partial charge in [-0.2, -0.15) is 0 Å². The number of piperazine rings is 1. The SMILES string of the molecule is CCC1CNC(C)(CC)CN1C1CC2CCCC(C1)N2C. The first-order valence-corrected chi connectivity index (χ1v) is 9.29. The number of nitrogens with one attached hydrogen (secondary N) is 1. The number of hydrogen-bond donors (Lipinski definition) is 1. The summed E-state index contributed by atoms with van der Waals surface area (Å²) in [5, 5.41) is 3.82. The van der Waals surface area contributed by atoms with Crippen LogP contribution in [-0.2, 0) is 0 Å². The molecule has 3 aliphatic heterocycles. The number of nitrogens with zero attached hydrogens (tertiary/aromatic N) is 2. The highest BCUT2D eigenvalue weighted by molar-refractivity contribution is 5.01. The fraction of sp³-hybridized carbons (Fsp3) is 1.00. The molecule has 0 spiro atoms. The van der Waals surface area contributed by atoms with Gasteiger partial charge >= 0.3 is 0 Å². The van der Waals surface area contributed by atoms with Gasteiger partial charge in [0.05, 0.1) is 0 Å². The lowest BCUT2D eigenvalue weighted by Gasteiger charge is -2.55. The summed E-state index contributed by atoms with van der Waals surface area (Å²) >= 11 is 0. The van der Waals surface area contributed by atoms with Gasteiger partial charge in [0.25, 0.3) is 0 Å². The number of piperidine rings is 2. The molecule has 4 unspecified atom stereocenters. The van der Waals surface area contributed by atoms with Crippen LogP contribution < -0.4 is 5.32 Å². The quantitative estimate of drug-likeness (QED) is 0.863. The van der Waals surface area contributed by atoms with Crippen molar-refractivity contribution in [2.24, 2.45) is 0 Å². The van der Waals surface area contributed by atoms with Crippen LogP contribution in [0, 0.1) is 0 Å². The van der Waals surface area contributed by atoms with Crippen LogP contribution in [0.4, 0.5) is 0 Å². The zero-order valence-corrected chi connectivity index (χ0v) is 14.6. The Kier molecular flexibility index (Phi) is 4.63. The first kappa shape index (κ1) is 15.8. The topological polar surface area (TPSA) is 18.5 Å². The lowest BCUT2D eigenvalue weighted by molar-refractivity contribution is -0.0310. The predicted molar refractivity (Wildman–Crippen MR) is 89.7 cm³/mol. The van der Waals surface area contributed by atoms with E-state index in [9.17, 15) is 0 Å². The number of hydrogen-bond acceptors (Lipinski definition) is 3. The molecule has 1 N–H and O–H groups in total. The van der Waals surface area contributed by atoms with E-state index in [0.29, 0.717) is 5.54 Å². The van der Waals surface area contributed by atoms with Crippen molar-refractivity contribution in [3.05, 3.63) is 0 Å². The van der Waals surface area contributed by atoms with Gasteiger partial charge in [0.2, 0.25) is 0 Å². The predicted octanol–water partition coefficient (Wildman–Crippen LogP) is 2.85. The molecule has 3 heterocycles. The van der Waals surface area contributed by atoms with E-state index in [1.807, 2.05) is 0 Å². The van der Waals surface area contributed by atoms with Crippen molar-refractivity contribution >= 4 is 0 Å². The molecule has 122 valence electrons. The second-order valence-electron chi connectivity index (χ2n) is 8.06. The molecule has 0 radical (unpaired) electrons. The third-order valence-corrected chi connectivity index (χ3v) is 6.80. The van der Waals surface area contributed by atoms with Gasteiger partial charge < -0.3 is 10.2 Å². The van der Waals surface area contributed by atoms with Crippen LogP contribution >= 0.6 is 0 Å². The molecule has 0 saturated carbocycles. The van der Waals surface area contributed by atoms with E-state index in [0.717, 1.165) is 24.2 Å². The van der Waals surface area contributed by atoms with Gasteiger partial charge in [0.15, 0.2) is 0 Å². The molecular formula is C18H35N3. The van der Waals surface area contributed by atoms with Crippen LogP contribution in [0.15, 0.2) is 0 Å². The Bertz CT molecular complexity index is 344. The lowest BCUT2D eigenvalue weighted by atomic mass is 9.80. The molecule has 0 aromatic carbocycles. The van der Waals surface area contributed by atoms with Gasteiger partial charge in [-0.3, -0.25) is 4.90 Å². The van der Waals surface area contributed by atoms with Gasteiger partial charge in [0.1, 0.15) is 0 Å². The van der Waals surface area contributed by atoms with Crippen molar-refractivity contribution in [2.45, 2.75) is 95.4 Å². The molecule has 3 heteroatoms. The van der Waals surface area contributed by atoms with Crippen molar-refractivity contribution in [3.8, 4) is 0 Å². The van der Waals surface area contributed by atoms with E-state index < -0.39 is 0 Å². The second-order valence-corrected chi connectivity index (χ2v) is 8.06. The Morgan fingerprint density at radius 2 is 1.76 bits per heavy atom. The minimum atomic E-state index is 0.324. The highest BCUT2D eigenvalue weighted by Crippen LogP contribution is 2.37. The highest BCUT2D eigenvalue weighted by Gasteiger charge is 2.43. The average Bonchev–Trinajstić information content (AvgIpc) is 2.47. The largest absolute Gasteiger partial charge is 0.309 e. The summed E-state index contributed by atoms with van der Waals surface area (Å²) in [6.45, 7) is 9.55. The van der Waals surface area contributed by atoms with Gasteiger partial charge in [-0.15, -0.1) is 0 Å². The van der Waals surface area contributed by atoms with Crippen molar-refractivity contribution in [3.63, 3.8) is 0 Å². The Balaban J connectivity index is 1.74. The summed E-state index contributed by atoms with van der Waals surface area (Å²) in [6.07, 6.45) is 9.65. The van der Waals surface area contributed by atoms with Crippen LogP contribution in [0.1, 0.15) is 65.7 Å². The molecular weight excluding hydrogens is 258 g/mol. The van der Waals surface area contributed by atoms with Crippen LogP contribution in [0.3, 0.4) is 0 Å². The summed E-state index contributed by atoms with van der Waals surface area (Å²) in [5.41, 5.74) is 0.324. The minimum absolute atomic E-state index is 0.324. The van der Waals surface area contributed by atoms with Crippen LogP contribution in [0.25, 0.3) is 0 Å². The molecule has 3 fully saturated rings. The summed E-state index contributed by atoms with van der Waals surface area (Å²) in [7, 11) is 2.37. The summed E-state index contributed by atoms with van der Waals surface area (Å²) < 4.78 is 0. The van der Waals surface area contributed by atoms with Gasteiger partial charge in [-0.05, 0) is 52.5 Å². The molecule has 0 aromatic rings. The lowest BCUT2D eigenvalue weighted by Crippen LogP contribution is -2.67. The molecule has 21 heavy (non-hydrogen) atoms. The molecule has 4 atom stereocenters. The Morgan fingerprint density at radius 3 is 2.33 bits per heavy atom. The summed E-state index contributed by atoms with van der Waals surface area (Å²) in [6, 6.07) is 3.28. The third kappa shape index (κ3) is 3.02. The Hall–Kier alpha value is -0.120. The zero-order chi connectivity index (χ0) is 15.0. The number of fused-ring (bicyclic) bond motifs is 2. The number of rotatable bonds is 3. The fourth-order valence-corrected chi connectivity index (χ4v) is 4.97. The van der Waals surface area contributed by atoms with Gasteiger partial charge in [-0.25, -0.2) is 0 Å². The maximum atomic E-state index is 3.82. The molecule has 3 nitrogen and oxygen atoms in total. The summed E-state index contributed by atoms with van der Waals surface area (Å²) in [5.74, 6) is 0. The third-order valence-electron chi connectivity index (χ3n) is 6.80. The normalized spacial score (nSPS) is 45.7. The van der Waals surface area contributed by atoms with Crippen LogP contribution in [0.2, 0.25) is 0 Å². The first-order valence-electron chi connectivity index (χ1n) is 9.29. The zero-order valence-electron chi connectivity index (χ0n) is 14.6. The van der Waals surface area contributed by atoms with Crippen molar-refractivity contribution in [1.29, 1.82) is 0 Å². The van der Waals surface area contributed by atoms with Crippen LogP contribution in [0.5, 0.6) is 0 Å². The monoisotopic (exact) mass is 293 g/mol. The average molecular weight is 293 g/mol. The molecule has 3 saturated heterocycles. The molecule has 0 aliphatic carbocycles. The molecule has 0 aromatic heterocycles. The maximum absolute atomic E-state index is 3.82. The van der Waals surface area contributed by atoms with E-state index in [2.05, 4.69) is 42.9 Å². The van der Waals surface area contributed by atoms with Gasteiger partial charge in [-0.1, -0.05) is 20.3 Å². The smallest absolute Gasteiger partial charge is 0.0278 e. The molecule has 2 bridgehead atoms. The summed E-state index contributed by atoms with van der Waals surface area (Å²) in [4.78, 5) is 5.60. The van der Waals surface area contributed by atoms with E-state index in [-0.39, 0.29) is 0 Å². The van der Waals surface area contributed by atoms with E-state index >= 15 is 0 Å². The molecule has 3 rings (SSSR count). The van der Waals surface area contributed by atoms with Crippen LogP contribution in [-0.4, -0.2) is 59.6 Å². The van der Waals surface area contributed by atoms with E-state index in [1.165, 1.54) is 58.0 Å². The Labute approximate surface area is 131 Å². The van der Waals surface area contributed by atoms with Crippen molar-refractivity contribution in [1.82, 2.24) is 15.1 Å². The molecule has 3 aliphatic rings. The Morgan fingerprint density at radius 1 is 1.10 bits per heavy atom. The first-order chi connectivity index (χ1) is 10.1. The van der Waals surface area contributed by atoms with Crippen molar-refractivity contribution in [2.75, 3.05) is 20.1 Å². The van der Waals surface area contributed by atoms with Gasteiger partial charge in [0, 0.05) is 42.8 Å². The maximum Gasteiger partial charge on any atom is 0.0278 e. The fourth-order valence-electron chi connectivity index (χ4n) is 4.97. The van der Waals surface area contributed by atoms with Crippen molar-refractivity contribution < 1.29 is 0 Å². The standard InChI is InChI=1S/C18H35N3/c1-5-14-12-19-18(3,6-2)13-21(14)17-10-15-8-7-9-16(11-17)20(15)4/h14-17,19H,5-13H2,1-4H3. The van der Waals surface area contributed by atoms with E-state index in [1.54, 1.807) is 0 Å². The van der Waals surface area contributed by atoms with E-state index in [4.69, 9.17) is 0 Å². The highest BCUT2D eigenvalue weighted by atomic mass is 15.3. The minimum Gasteiger partial charge on any atom is -0.309 e. The molecule has 0 amide bonds. The second kappa shape index (κ2) is 6.17.